The Bertz CT molecular complexity index is 595. The van der Waals surface area contributed by atoms with Crippen molar-refractivity contribution in [3.63, 3.8) is 0 Å². The van der Waals surface area contributed by atoms with Crippen molar-refractivity contribution in [3.05, 3.63) is 40.0 Å². The predicted molar refractivity (Wildman–Crippen MR) is 81.1 cm³/mol. The maximum Gasteiger partial charge on any atom is 0.135 e. The second kappa shape index (κ2) is 5.00. The van der Waals surface area contributed by atoms with Crippen LogP contribution in [0.4, 0.5) is 0 Å². The van der Waals surface area contributed by atoms with Gasteiger partial charge in [0.2, 0.25) is 0 Å². The number of aromatic nitrogens is 3. The molecule has 0 saturated heterocycles. The zero-order chi connectivity index (χ0) is 14.2. The lowest BCUT2D eigenvalue weighted by Crippen LogP contribution is -2.16. The molecule has 19 heavy (non-hydrogen) atoms. The monoisotopic (exact) mass is 319 g/mol. The summed E-state index contributed by atoms with van der Waals surface area (Å²) < 4.78 is 0.814. The van der Waals surface area contributed by atoms with Gasteiger partial charge in [-0.2, -0.15) is 0 Å². The number of hydrogen-bond donors (Lipinski definition) is 0. The smallest absolute Gasteiger partial charge is 0.135 e. The van der Waals surface area contributed by atoms with Crippen molar-refractivity contribution in [1.29, 1.82) is 0 Å². The summed E-state index contributed by atoms with van der Waals surface area (Å²) in [6.45, 7) is 10.3. The third kappa shape index (κ3) is 3.38. The van der Waals surface area contributed by atoms with Crippen LogP contribution in [-0.2, 0) is 5.41 Å². The fourth-order valence-electron chi connectivity index (χ4n) is 1.88. The number of aryl methyl sites for hydroxylation is 2. The molecule has 0 spiro atoms. The van der Waals surface area contributed by atoms with Gasteiger partial charge in [-0.25, -0.2) is 9.97 Å². The first-order valence-electron chi connectivity index (χ1n) is 6.26. The second-order valence-electron chi connectivity index (χ2n) is 5.79. The van der Waals surface area contributed by atoms with Gasteiger partial charge in [0.25, 0.3) is 0 Å². The summed E-state index contributed by atoms with van der Waals surface area (Å²) in [4.78, 5) is 13.6. The Labute approximate surface area is 122 Å². The minimum absolute atomic E-state index is 0.0738. The van der Waals surface area contributed by atoms with Crippen molar-refractivity contribution < 1.29 is 0 Å². The van der Waals surface area contributed by atoms with E-state index < -0.39 is 0 Å². The lowest BCUT2D eigenvalue weighted by molar-refractivity contribution is 0.544. The Kier molecular flexibility index (Phi) is 3.72. The quantitative estimate of drug-likeness (QED) is 0.739. The Hall–Kier alpha value is -1.29. The molecule has 2 rings (SSSR count). The van der Waals surface area contributed by atoms with Crippen LogP contribution in [0.25, 0.3) is 11.3 Å². The fourth-order valence-corrected chi connectivity index (χ4v) is 2.27. The molecule has 2 aromatic heterocycles. The van der Waals surface area contributed by atoms with E-state index >= 15 is 0 Å². The van der Waals surface area contributed by atoms with Crippen LogP contribution in [0.1, 0.15) is 38.0 Å². The number of halogens is 1. The van der Waals surface area contributed by atoms with E-state index in [1.807, 2.05) is 32.0 Å². The first-order valence-corrected chi connectivity index (χ1v) is 7.06. The summed E-state index contributed by atoms with van der Waals surface area (Å²) in [6, 6.07) is 6.05. The minimum atomic E-state index is -0.0738. The van der Waals surface area contributed by atoms with Crippen LogP contribution < -0.4 is 0 Å². The number of hydrogen-bond acceptors (Lipinski definition) is 3. The van der Waals surface area contributed by atoms with Crippen LogP contribution in [0.3, 0.4) is 0 Å². The highest BCUT2D eigenvalue weighted by Gasteiger charge is 2.19. The van der Waals surface area contributed by atoms with Crippen molar-refractivity contribution in [3.8, 4) is 11.3 Å². The average Bonchev–Trinajstić information content (AvgIpc) is 2.25. The van der Waals surface area contributed by atoms with Gasteiger partial charge in [0.15, 0.2) is 0 Å². The third-order valence-corrected chi connectivity index (χ3v) is 3.15. The van der Waals surface area contributed by atoms with Gasteiger partial charge >= 0.3 is 0 Å². The first kappa shape index (κ1) is 14.1. The SMILES string of the molecule is Cc1cc(-c2cc(Br)nc(C(C)(C)C)n2)cc(C)n1. The Balaban J connectivity index is 2.59. The summed E-state index contributed by atoms with van der Waals surface area (Å²) in [5.41, 5.74) is 3.94. The molecule has 0 aromatic carbocycles. The van der Waals surface area contributed by atoms with Gasteiger partial charge in [0.1, 0.15) is 10.4 Å². The number of pyridine rings is 1. The standard InChI is InChI=1S/C15H18BrN3/c1-9-6-11(7-10(2)17-9)12-8-13(16)19-14(18-12)15(3,4)5/h6-8H,1-5H3. The molecule has 0 aliphatic rings. The van der Waals surface area contributed by atoms with Gasteiger partial charge < -0.3 is 0 Å². The molecule has 0 amide bonds. The highest BCUT2D eigenvalue weighted by Crippen LogP contribution is 2.26. The summed E-state index contributed by atoms with van der Waals surface area (Å²) >= 11 is 3.47. The van der Waals surface area contributed by atoms with E-state index in [0.29, 0.717) is 0 Å². The van der Waals surface area contributed by atoms with Crippen LogP contribution in [0.5, 0.6) is 0 Å². The van der Waals surface area contributed by atoms with Gasteiger partial charge in [-0.05, 0) is 48.0 Å². The molecule has 0 aliphatic carbocycles. The van der Waals surface area contributed by atoms with E-state index in [1.54, 1.807) is 0 Å². The molecular formula is C15H18BrN3. The van der Waals surface area contributed by atoms with Crippen molar-refractivity contribution >= 4 is 15.9 Å². The Morgan fingerprint density at radius 2 is 1.47 bits per heavy atom. The summed E-state index contributed by atoms with van der Waals surface area (Å²) in [7, 11) is 0. The molecular weight excluding hydrogens is 302 g/mol. The zero-order valence-corrected chi connectivity index (χ0v) is 13.5. The van der Waals surface area contributed by atoms with Crippen molar-refractivity contribution in [2.24, 2.45) is 0 Å². The van der Waals surface area contributed by atoms with Crippen molar-refractivity contribution in [1.82, 2.24) is 15.0 Å². The average molecular weight is 320 g/mol. The zero-order valence-electron chi connectivity index (χ0n) is 12.0. The van der Waals surface area contributed by atoms with Gasteiger partial charge in [-0.1, -0.05) is 20.8 Å². The maximum absolute atomic E-state index is 4.69. The van der Waals surface area contributed by atoms with E-state index in [-0.39, 0.29) is 5.41 Å². The molecule has 100 valence electrons. The summed E-state index contributed by atoms with van der Waals surface area (Å²) in [6.07, 6.45) is 0. The number of nitrogens with zero attached hydrogens (tertiary/aromatic N) is 3. The van der Waals surface area contributed by atoms with E-state index in [0.717, 1.165) is 33.1 Å². The van der Waals surface area contributed by atoms with Gasteiger partial charge in [-0.3, -0.25) is 4.98 Å². The number of rotatable bonds is 1. The van der Waals surface area contributed by atoms with E-state index in [4.69, 9.17) is 0 Å². The largest absolute Gasteiger partial charge is 0.258 e. The second-order valence-corrected chi connectivity index (χ2v) is 6.60. The van der Waals surface area contributed by atoms with Crippen molar-refractivity contribution in [2.45, 2.75) is 40.0 Å². The lowest BCUT2D eigenvalue weighted by Gasteiger charge is -2.17. The molecule has 0 aliphatic heterocycles. The van der Waals surface area contributed by atoms with Gasteiger partial charge in [0.05, 0.1) is 5.69 Å². The molecule has 0 bridgehead atoms. The van der Waals surface area contributed by atoms with Crippen LogP contribution >= 0.6 is 15.9 Å². The molecule has 2 heterocycles. The van der Waals surface area contributed by atoms with E-state index in [1.165, 1.54) is 0 Å². The molecule has 4 heteroatoms. The first-order chi connectivity index (χ1) is 8.75. The fraction of sp³-hybridized carbons (Fsp3) is 0.400. The Morgan fingerprint density at radius 1 is 0.895 bits per heavy atom. The third-order valence-electron chi connectivity index (χ3n) is 2.74. The normalized spacial score (nSPS) is 11.7. The van der Waals surface area contributed by atoms with Crippen LogP contribution in [0, 0.1) is 13.8 Å². The predicted octanol–water partition coefficient (Wildman–Crippen LogP) is 4.22. The van der Waals surface area contributed by atoms with Gasteiger partial charge in [-0.15, -0.1) is 0 Å². The Morgan fingerprint density at radius 3 is 2.00 bits per heavy atom. The molecule has 0 unspecified atom stereocenters. The molecule has 0 atom stereocenters. The molecule has 0 N–H and O–H groups in total. The lowest BCUT2D eigenvalue weighted by atomic mass is 9.95. The minimum Gasteiger partial charge on any atom is -0.258 e. The van der Waals surface area contributed by atoms with E-state index in [9.17, 15) is 0 Å². The highest BCUT2D eigenvalue weighted by molar-refractivity contribution is 9.10. The summed E-state index contributed by atoms with van der Waals surface area (Å²) in [5.74, 6) is 0.837. The van der Waals surface area contributed by atoms with Crippen LogP contribution in [-0.4, -0.2) is 15.0 Å². The highest BCUT2D eigenvalue weighted by atomic mass is 79.9. The molecule has 2 aromatic rings. The topological polar surface area (TPSA) is 38.7 Å². The molecule has 0 fully saturated rings. The summed E-state index contributed by atoms with van der Waals surface area (Å²) in [5, 5.41) is 0. The molecule has 3 nitrogen and oxygen atoms in total. The van der Waals surface area contributed by atoms with Crippen molar-refractivity contribution in [2.75, 3.05) is 0 Å². The van der Waals surface area contributed by atoms with Crippen LogP contribution in [0.15, 0.2) is 22.8 Å². The molecule has 0 saturated carbocycles. The van der Waals surface area contributed by atoms with E-state index in [2.05, 4.69) is 51.7 Å². The van der Waals surface area contributed by atoms with Crippen LogP contribution in [0.2, 0.25) is 0 Å². The maximum atomic E-state index is 4.69. The molecule has 0 radical (unpaired) electrons. The van der Waals surface area contributed by atoms with Gasteiger partial charge in [0, 0.05) is 22.4 Å².